The molecule has 0 aromatic carbocycles. The highest BCUT2D eigenvalue weighted by molar-refractivity contribution is 5.38. The van der Waals surface area contributed by atoms with Crippen molar-refractivity contribution in [2.75, 3.05) is 31.1 Å². The van der Waals surface area contributed by atoms with E-state index in [4.69, 9.17) is 0 Å². The molecule has 2 fully saturated rings. The molecule has 1 saturated heterocycles. The van der Waals surface area contributed by atoms with Gasteiger partial charge < -0.3 is 4.90 Å². The van der Waals surface area contributed by atoms with Crippen LogP contribution in [0.25, 0.3) is 0 Å². The van der Waals surface area contributed by atoms with Crippen molar-refractivity contribution in [2.24, 2.45) is 0 Å². The number of halogens is 1. The van der Waals surface area contributed by atoms with Crippen molar-refractivity contribution in [2.45, 2.75) is 44.8 Å². The Balaban J connectivity index is 1.59. The Morgan fingerprint density at radius 2 is 1.90 bits per heavy atom. The Bertz CT molecular complexity index is 445. The fraction of sp³-hybridized carbons (Fsp3) is 0.733. The van der Waals surface area contributed by atoms with Gasteiger partial charge in [-0.1, -0.05) is 12.8 Å². The quantitative estimate of drug-likeness (QED) is 0.830. The number of piperazine rings is 1. The smallest absolute Gasteiger partial charge is 0.132 e. The van der Waals surface area contributed by atoms with Crippen LogP contribution < -0.4 is 4.90 Å². The summed E-state index contributed by atoms with van der Waals surface area (Å²) in [6.07, 6.45) is 5.18. The van der Waals surface area contributed by atoms with E-state index < -0.39 is 6.17 Å². The predicted octanol–water partition coefficient (Wildman–Crippen LogP) is 2.19. The van der Waals surface area contributed by atoms with Crippen molar-refractivity contribution in [1.29, 1.82) is 0 Å². The lowest BCUT2D eigenvalue weighted by Gasteiger charge is -2.42. The van der Waals surface area contributed by atoms with Gasteiger partial charge >= 0.3 is 0 Å². The summed E-state index contributed by atoms with van der Waals surface area (Å²) in [5, 5.41) is 0. The summed E-state index contributed by atoms with van der Waals surface area (Å²) in [5.41, 5.74) is 0. The maximum atomic E-state index is 14.0. The Morgan fingerprint density at radius 1 is 1.15 bits per heavy atom. The zero-order valence-electron chi connectivity index (χ0n) is 12.1. The fourth-order valence-electron chi connectivity index (χ4n) is 3.38. The molecule has 2 atom stereocenters. The highest BCUT2D eigenvalue weighted by Crippen LogP contribution is 2.27. The summed E-state index contributed by atoms with van der Waals surface area (Å²) in [6, 6.07) is 2.11. The van der Waals surface area contributed by atoms with Crippen molar-refractivity contribution in [1.82, 2.24) is 14.9 Å². The van der Waals surface area contributed by atoms with Crippen molar-refractivity contribution in [3.8, 4) is 0 Å². The van der Waals surface area contributed by atoms with E-state index in [9.17, 15) is 4.39 Å². The number of hydrogen-bond donors (Lipinski definition) is 0. The van der Waals surface area contributed by atoms with Gasteiger partial charge in [0.1, 0.15) is 17.8 Å². The third-order valence-electron chi connectivity index (χ3n) is 4.52. The molecule has 3 rings (SSSR count). The molecule has 0 spiro atoms. The molecule has 20 heavy (non-hydrogen) atoms. The molecule has 0 amide bonds. The zero-order valence-corrected chi connectivity index (χ0v) is 12.1. The lowest BCUT2D eigenvalue weighted by Crippen LogP contribution is -2.53. The number of rotatable bonds is 2. The molecule has 2 heterocycles. The number of hydrogen-bond acceptors (Lipinski definition) is 4. The highest BCUT2D eigenvalue weighted by Gasteiger charge is 2.32. The third-order valence-corrected chi connectivity index (χ3v) is 4.52. The topological polar surface area (TPSA) is 32.3 Å². The van der Waals surface area contributed by atoms with Crippen LogP contribution in [0.1, 0.15) is 31.5 Å². The van der Waals surface area contributed by atoms with E-state index in [2.05, 4.69) is 19.8 Å². The number of nitrogens with zero attached hydrogens (tertiary/aromatic N) is 4. The number of aromatic nitrogens is 2. The first-order chi connectivity index (χ1) is 9.74. The maximum absolute atomic E-state index is 14.0. The summed E-state index contributed by atoms with van der Waals surface area (Å²) in [5.74, 6) is 1.80. The van der Waals surface area contributed by atoms with Crippen molar-refractivity contribution in [3.05, 3.63) is 18.1 Å². The van der Waals surface area contributed by atoms with E-state index in [1.54, 1.807) is 0 Å². The van der Waals surface area contributed by atoms with E-state index in [0.29, 0.717) is 0 Å². The molecule has 1 aliphatic carbocycles. The molecule has 0 bridgehead atoms. The molecule has 5 heteroatoms. The largest absolute Gasteiger partial charge is 0.354 e. The van der Waals surface area contributed by atoms with Gasteiger partial charge in [-0.3, -0.25) is 4.90 Å². The van der Waals surface area contributed by atoms with Crippen LogP contribution in [0.5, 0.6) is 0 Å². The van der Waals surface area contributed by atoms with Crippen LogP contribution in [0.4, 0.5) is 10.2 Å². The molecule has 1 aliphatic heterocycles. The van der Waals surface area contributed by atoms with Gasteiger partial charge in [0, 0.05) is 38.4 Å². The summed E-state index contributed by atoms with van der Waals surface area (Å²) in [4.78, 5) is 13.2. The van der Waals surface area contributed by atoms with Crippen LogP contribution in [-0.2, 0) is 0 Å². The fourth-order valence-corrected chi connectivity index (χ4v) is 3.38. The number of alkyl halides is 1. The molecule has 0 radical (unpaired) electrons. The summed E-state index contributed by atoms with van der Waals surface area (Å²) < 4.78 is 14.0. The van der Waals surface area contributed by atoms with E-state index in [1.807, 2.05) is 19.2 Å². The molecule has 2 aliphatic rings. The number of aryl methyl sites for hydroxylation is 1. The Labute approximate surface area is 120 Å². The van der Waals surface area contributed by atoms with Gasteiger partial charge in [0.2, 0.25) is 0 Å². The molecule has 110 valence electrons. The Morgan fingerprint density at radius 3 is 2.60 bits per heavy atom. The van der Waals surface area contributed by atoms with E-state index >= 15 is 0 Å². The van der Waals surface area contributed by atoms with Crippen LogP contribution >= 0.6 is 0 Å². The summed E-state index contributed by atoms with van der Waals surface area (Å²) in [7, 11) is 0. The van der Waals surface area contributed by atoms with Gasteiger partial charge in [-0.25, -0.2) is 14.4 Å². The summed E-state index contributed by atoms with van der Waals surface area (Å²) in [6.45, 7) is 5.65. The lowest BCUT2D eigenvalue weighted by molar-refractivity contribution is 0.0712. The van der Waals surface area contributed by atoms with Gasteiger partial charge in [-0.15, -0.1) is 0 Å². The zero-order chi connectivity index (χ0) is 13.9. The first kappa shape index (κ1) is 13.7. The van der Waals surface area contributed by atoms with Gasteiger partial charge in [-0.05, 0) is 25.8 Å². The van der Waals surface area contributed by atoms with Gasteiger partial charge in [0.05, 0.1) is 0 Å². The first-order valence-corrected chi connectivity index (χ1v) is 7.67. The lowest BCUT2D eigenvalue weighted by atomic mass is 9.92. The van der Waals surface area contributed by atoms with E-state index in [-0.39, 0.29) is 6.04 Å². The summed E-state index contributed by atoms with van der Waals surface area (Å²) >= 11 is 0. The maximum Gasteiger partial charge on any atom is 0.132 e. The second-order valence-corrected chi connectivity index (χ2v) is 5.85. The minimum Gasteiger partial charge on any atom is -0.354 e. The minimum absolute atomic E-state index is 0.151. The van der Waals surface area contributed by atoms with E-state index in [1.165, 1.54) is 6.42 Å². The van der Waals surface area contributed by atoms with Crippen LogP contribution in [-0.4, -0.2) is 53.3 Å². The van der Waals surface area contributed by atoms with Crippen LogP contribution in [0.3, 0.4) is 0 Å². The molecular formula is C15H23FN4. The Kier molecular flexibility index (Phi) is 4.15. The van der Waals surface area contributed by atoms with Crippen molar-refractivity contribution in [3.63, 3.8) is 0 Å². The SMILES string of the molecule is Cc1nccc(N2CCN([C@@H]3CCCC[C@H]3F)CC2)n1. The third kappa shape index (κ3) is 2.92. The van der Waals surface area contributed by atoms with Crippen LogP contribution in [0.15, 0.2) is 12.3 Å². The minimum atomic E-state index is -0.628. The predicted molar refractivity (Wildman–Crippen MR) is 77.7 cm³/mol. The second kappa shape index (κ2) is 6.04. The van der Waals surface area contributed by atoms with Gasteiger partial charge in [-0.2, -0.15) is 0 Å². The number of anilines is 1. The van der Waals surface area contributed by atoms with E-state index in [0.717, 1.165) is 57.1 Å². The normalized spacial score (nSPS) is 28.6. The molecule has 1 aromatic heterocycles. The highest BCUT2D eigenvalue weighted by atomic mass is 19.1. The molecule has 1 aromatic rings. The van der Waals surface area contributed by atoms with Crippen molar-refractivity contribution >= 4 is 5.82 Å². The molecule has 0 unspecified atom stereocenters. The van der Waals surface area contributed by atoms with Crippen LogP contribution in [0.2, 0.25) is 0 Å². The average Bonchev–Trinajstić information content (AvgIpc) is 2.48. The van der Waals surface area contributed by atoms with Gasteiger partial charge in [0.15, 0.2) is 0 Å². The standard InChI is InChI=1S/C15H23FN4/c1-12-17-7-6-15(18-12)20-10-8-19(9-11-20)14-5-3-2-4-13(14)16/h6-7,13-14H,2-5,8-11H2,1H3/t13-,14-/m1/s1. The molecule has 1 saturated carbocycles. The second-order valence-electron chi connectivity index (χ2n) is 5.85. The average molecular weight is 278 g/mol. The Hall–Kier alpha value is -1.23. The van der Waals surface area contributed by atoms with Crippen molar-refractivity contribution < 1.29 is 4.39 Å². The molecular weight excluding hydrogens is 255 g/mol. The monoisotopic (exact) mass is 278 g/mol. The molecule has 4 nitrogen and oxygen atoms in total. The van der Waals surface area contributed by atoms with Crippen LogP contribution in [0, 0.1) is 6.92 Å². The molecule has 0 N–H and O–H groups in total. The first-order valence-electron chi connectivity index (χ1n) is 7.67. The van der Waals surface area contributed by atoms with Gasteiger partial charge in [0.25, 0.3) is 0 Å².